The molecule has 0 aliphatic heterocycles. The lowest BCUT2D eigenvalue weighted by Crippen LogP contribution is -2.18. The van der Waals surface area contributed by atoms with Gasteiger partial charge in [0.1, 0.15) is 6.10 Å². The second kappa shape index (κ2) is 17.5. The number of rotatable bonds is 18. The third-order valence-electron chi connectivity index (χ3n) is 4.88. The number of carbonyl (C=O) groups is 3. The summed E-state index contributed by atoms with van der Waals surface area (Å²) in [5.74, 6) is -1.52. The summed E-state index contributed by atoms with van der Waals surface area (Å²) in [5.41, 5.74) is 0. The van der Waals surface area contributed by atoms with Crippen molar-refractivity contribution < 1.29 is 29.0 Å². The van der Waals surface area contributed by atoms with Crippen LogP contribution in [0.25, 0.3) is 0 Å². The number of esters is 2. The van der Waals surface area contributed by atoms with Gasteiger partial charge in [0.05, 0.1) is 12.5 Å². The van der Waals surface area contributed by atoms with Crippen LogP contribution < -0.4 is 0 Å². The number of hydrogen-bond donors (Lipinski definition) is 1. The molecule has 0 amide bonds. The first-order valence-electron chi connectivity index (χ1n) is 11.0. The van der Waals surface area contributed by atoms with Crippen molar-refractivity contribution in [2.45, 2.75) is 110 Å². The molecule has 0 saturated carbocycles. The molecule has 0 spiro atoms. The third-order valence-corrected chi connectivity index (χ3v) is 4.88. The van der Waals surface area contributed by atoms with Gasteiger partial charge in [0, 0.05) is 13.3 Å². The van der Waals surface area contributed by atoms with Crippen LogP contribution in [0.15, 0.2) is 0 Å². The molecule has 6 nitrogen and oxygen atoms in total. The van der Waals surface area contributed by atoms with Crippen molar-refractivity contribution in [3.8, 4) is 0 Å². The molecular weight excluding hydrogens is 360 g/mol. The van der Waals surface area contributed by atoms with Crippen LogP contribution in [0.5, 0.6) is 0 Å². The molecule has 2 atom stereocenters. The molecule has 0 radical (unpaired) electrons. The van der Waals surface area contributed by atoms with Crippen LogP contribution in [0.1, 0.15) is 104 Å². The van der Waals surface area contributed by atoms with E-state index in [4.69, 9.17) is 9.47 Å². The molecule has 0 saturated heterocycles. The molecule has 164 valence electrons. The Bertz CT molecular complexity index is 435. The predicted octanol–water partition coefficient (Wildman–Crippen LogP) is 5.27. The standard InChI is InChI=1S/C22H40O6/c1-4-6-9-15-20(28-18(3)23)16-12-14-19(22(25)26)13-10-7-8-11-17-21(24)27-5-2/h19-20H,4-17H2,1-3H3,(H,25,26)/t19?,20-/m1/s1. The highest BCUT2D eigenvalue weighted by molar-refractivity contribution is 5.70. The topological polar surface area (TPSA) is 89.9 Å². The average Bonchev–Trinajstić information content (AvgIpc) is 2.62. The monoisotopic (exact) mass is 400 g/mol. The molecule has 0 aromatic heterocycles. The maximum atomic E-state index is 11.5. The van der Waals surface area contributed by atoms with E-state index in [-0.39, 0.29) is 24.0 Å². The second-order valence-electron chi connectivity index (χ2n) is 7.45. The number of carboxylic acids is 1. The summed E-state index contributed by atoms with van der Waals surface area (Å²) >= 11 is 0. The van der Waals surface area contributed by atoms with Crippen molar-refractivity contribution in [1.29, 1.82) is 0 Å². The molecule has 0 fully saturated rings. The van der Waals surface area contributed by atoms with Crippen LogP contribution in [0.4, 0.5) is 0 Å². The van der Waals surface area contributed by atoms with Crippen LogP contribution in [-0.2, 0) is 23.9 Å². The van der Waals surface area contributed by atoms with E-state index < -0.39 is 5.97 Å². The van der Waals surface area contributed by atoms with Crippen LogP contribution in [0.3, 0.4) is 0 Å². The summed E-state index contributed by atoms with van der Waals surface area (Å²) in [7, 11) is 0. The fourth-order valence-corrected chi connectivity index (χ4v) is 3.35. The van der Waals surface area contributed by atoms with Gasteiger partial charge in [-0.2, -0.15) is 0 Å². The average molecular weight is 401 g/mol. The van der Waals surface area contributed by atoms with Crippen molar-refractivity contribution >= 4 is 17.9 Å². The van der Waals surface area contributed by atoms with Gasteiger partial charge in [0.15, 0.2) is 0 Å². The summed E-state index contributed by atoms with van der Waals surface area (Å²) in [6.07, 6.45) is 10.7. The van der Waals surface area contributed by atoms with Crippen LogP contribution in [0.2, 0.25) is 0 Å². The van der Waals surface area contributed by atoms with Gasteiger partial charge >= 0.3 is 17.9 Å². The molecule has 0 aromatic carbocycles. The maximum absolute atomic E-state index is 11.5. The van der Waals surface area contributed by atoms with E-state index in [1.807, 2.05) is 0 Å². The Labute approximate surface area is 170 Å². The summed E-state index contributed by atoms with van der Waals surface area (Å²) in [6.45, 7) is 5.77. The quantitative estimate of drug-likeness (QED) is 0.249. The van der Waals surface area contributed by atoms with E-state index in [1.165, 1.54) is 6.92 Å². The highest BCUT2D eigenvalue weighted by Crippen LogP contribution is 2.21. The molecule has 28 heavy (non-hydrogen) atoms. The van der Waals surface area contributed by atoms with Gasteiger partial charge in [-0.15, -0.1) is 0 Å². The lowest BCUT2D eigenvalue weighted by molar-refractivity contribution is -0.148. The van der Waals surface area contributed by atoms with E-state index in [9.17, 15) is 19.5 Å². The molecule has 1 unspecified atom stereocenters. The summed E-state index contributed by atoms with van der Waals surface area (Å²) < 4.78 is 10.3. The maximum Gasteiger partial charge on any atom is 0.306 e. The fraction of sp³-hybridized carbons (Fsp3) is 0.864. The highest BCUT2D eigenvalue weighted by atomic mass is 16.5. The van der Waals surface area contributed by atoms with Gasteiger partial charge in [-0.25, -0.2) is 0 Å². The number of carboxylic acid groups (broad SMARTS) is 1. The molecular formula is C22H40O6. The Balaban J connectivity index is 4.06. The van der Waals surface area contributed by atoms with E-state index in [0.29, 0.717) is 25.9 Å². The molecule has 0 bridgehead atoms. The van der Waals surface area contributed by atoms with Gasteiger partial charge in [-0.05, 0) is 51.9 Å². The Kier molecular flexibility index (Phi) is 16.5. The van der Waals surface area contributed by atoms with Crippen molar-refractivity contribution in [1.82, 2.24) is 0 Å². The van der Waals surface area contributed by atoms with Crippen molar-refractivity contribution in [2.24, 2.45) is 5.92 Å². The first-order valence-corrected chi connectivity index (χ1v) is 11.0. The number of unbranched alkanes of at least 4 members (excludes halogenated alkanes) is 5. The summed E-state index contributed by atoms with van der Waals surface area (Å²) in [4.78, 5) is 34.0. The normalized spacial score (nSPS) is 13.0. The first kappa shape index (κ1) is 26.4. The van der Waals surface area contributed by atoms with Gasteiger partial charge in [-0.3, -0.25) is 14.4 Å². The molecule has 0 rings (SSSR count). The lowest BCUT2D eigenvalue weighted by atomic mass is 9.93. The largest absolute Gasteiger partial charge is 0.481 e. The van der Waals surface area contributed by atoms with E-state index >= 15 is 0 Å². The van der Waals surface area contributed by atoms with E-state index in [0.717, 1.165) is 64.2 Å². The molecule has 0 heterocycles. The minimum Gasteiger partial charge on any atom is -0.481 e. The molecule has 1 N–H and O–H groups in total. The smallest absolute Gasteiger partial charge is 0.306 e. The molecule has 0 aromatic rings. The molecule has 6 heteroatoms. The van der Waals surface area contributed by atoms with Crippen molar-refractivity contribution in [3.63, 3.8) is 0 Å². The number of carbonyl (C=O) groups excluding carboxylic acids is 2. The number of aliphatic carboxylic acids is 1. The number of hydrogen-bond acceptors (Lipinski definition) is 5. The first-order chi connectivity index (χ1) is 13.4. The Hall–Kier alpha value is -1.59. The van der Waals surface area contributed by atoms with Gasteiger partial charge in [0.2, 0.25) is 0 Å². The Morgan fingerprint density at radius 1 is 0.821 bits per heavy atom. The van der Waals surface area contributed by atoms with Crippen LogP contribution in [0, 0.1) is 5.92 Å². The second-order valence-corrected chi connectivity index (χ2v) is 7.45. The summed E-state index contributed by atoms with van der Waals surface area (Å²) in [6, 6.07) is 0. The Morgan fingerprint density at radius 3 is 2.04 bits per heavy atom. The van der Waals surface area contributed by atoms with Crippen LogP contribution in [-0.4, -0.2) is 35.7 Å². The van der Waals surface area contributed by atoms with Crippen molar-refractivity contribution in [2.75, 3.05) is 6.61 Å². The zero-order valence-corrected chi connectivity index (χ0v) is 18.0. The minimum atomic E-state index is -0.749. The van der Waals surface area contributed by atoms with Crippen molar-refractivity contribution in [3.05, 3.63) is 0 Å². The Morgan fingerprint density at radius 2 is 1.43 bits per heavy atom. The van der Waals surface area contributed by atoms with Crippen LogP contribution >= 0.6 is 0 Å². The van der Waals surface area contributed by atoms with Gasteiger partial charge in [-0.1, -0.05) is 39.0 Å². The molecule has 0 aliphatic carbocycles. The fourth-order valence-electron chi connectivity index (χ4n) is 3.35. The molecule has 0 aliphatic rings. The third kappa shape index (κ3) is 15.5. The SMILES string of the molecule is CCCCC[C@H](CCCC(CCCCCCC(=O)OCC)C(=O)O)OC(C)=O. The highest BCUT2D eigenvalue weighted by Gasteiger charge is 2.19. The van der Waals surface area contributed by atoms with Gasteiger partial charge in [0.25, 0.3) is 0 Å². The zero-order chi connectivity index (χ0) is 21.2. The minimum absolute atomic E-state index is 0.0960. The summed E-state index contributed by atoms with van der Waals surface area (Å²) in [5, 5.41) is 9.45. The predicted molar refractivity (Wildman–Crippen MR) is 109 cm³/mol. The number of ether oxygens (including phenoxy) is 2. The van der Waals surface area contributed by atoms with Gasteiger partial charge < -0.3 is 14.6 Å². The van der Waals surface area contributed by atoms with E-state index in [2.05, 4.69) is 6.92 Å². The lowest BCUT2D eigenvalue weighted by Gasteiger charge is -2.18. The zero-order valence-electron chi connectivity index (χ0n) is 18.0. The van der Waals surface area contributed by atoms with E-state index in [1.54, 1.807) is 6.92 Å².